The van der Waals surface area contributed by atoms with Gasteiger partial charge in [0, 0.05) is 19.2 Å². The minimum atomic E-state index is -0.936. The summed E-state index contributed by atoms with van der Waals surface area (Å²) in [5, 5.41) is 10.3. The number of nitrogens with zero attached hydrogens (tertiary/aromatic N) is 1. The van der Waals surface area contributed by atoms with E-state index < -0.39 is 28.8 Å². The zero-order chi connectivity index (χ0) is 15.6. The number of carbonyl (C=O) groups is 1. The fraction of sp³-hybridized carbons (Fsp3) is 0.500. The molecular weight excluding hydrogens is 280 g/mol. The fourth-order valence-electron chi connectivity index (χ4n) is 2.76. The first-order valence-corrected chi connectivity index (χ1v) is 6.80. The van der Waals surface area contributed by atoms with Gasteiger partial charge in [-0.1, -0.05) is 12.8 Å². The second-order valence-electron chi connectivity index (χ2n) is 5.55. The first kappa shape index (κ1) is 15.7. The fourth-order valence-corrected chi connectivity index (χ4v) is 2.76. The summed E-state index contributed by atoms with van der Waals surface area (Å²) in [6, 6.07) is 1.85. The largest absolute Gasteiger partial charge is 0.388 e. The molecule has 0 saturated heterocycles. The monoisotopic (exact) mass is 299 g/mol. The predicted octanol–water partition coefficient (Wildman–Crippen LogP) is 1.63. The highest BCUT2D eigenvalue weighted by Crippen LogP contribution is 2.30. The van der Waals surface area contributed by atoms with E-state index in [4.69, 9.17) is 5.84 Å². The molecule has 4 N–H and O–H groups in total. The number of carbonyl (C=O) groups excluding carboxylic acids is 1. The summed E-state index contributed by atoms with van der Waals surface area (Å²) in [6.45, 7) is 0.145. The lowest BCUT2D eigenvalue weighted by Crippen LogP contribution is -2.42. The van der Waals surface area contributed by atoms with Gasteiger partial charge in [-0.15, -0.1) is 0 Å². The molecule has 1 aromatic carbocycles. The SMILES string of the molecule is CN(CC1(O)CCCC1)C(=O)c1cc(F)c(NN)c(F)c1. The topological polar surface area (TPSA) is 78.6 Å². The molecule has 1 aromatic rings. The molecule has 1 aliphatic rings. The molecule has 1 amide bonds. The number of benzene rings is 1. The summed E-state index contributed by atoms with van der Waals surface area (Å²) in [5.74, 6) is 2.59. The maximum absolute atomic E-state index is 13.6. The van der Waals surface area contributed by atoms with Gasteiger partial charge in [0.1, 0.15) is 5.69 Å². The molecule has 0 aromatic heterocycles. The normalized spacial score (nSPS) is 16.8. The number of nitrogens with one attached hydrogen (secondary N) is 1. The molecule has 7 heteroatoms. The van der Waals surface area contributed by atoms with E-state index in [-0.39, 0.29) is 12.1 Å². The lowest BCUT2D eigenvalue weighted by molar-refractivity contribution is 0.0156. The van der Waals surface area contributed by atoms with Gasteiger partial charge >= 0.3 is 0 Å². The van der Waals surface area contributed by atoms with Gasteiger partial charge in [-0.25, -0.2) is 8.78 Å². The van der Waals surface area contributed by atoms with Crippen molar-refractivity contribution >= 4 is 11.6 Å². The number of amides is 1. The van der Waals surface area contributed by atoms with Crippen LogP contribution in [0.2, 0.25) is 0 Å². The van der Waals surface area contributed by atoms with Crippen LogP contribution in [-0.4, -0.2) is 35.1 Å². The zero-order valence-corrected chi connectivity index (χ0v) is 11.8. The Hall–Kier alpha value is -1.73. The maximum atomic E-state index is 13.6. The Balaban J connectivity index is 2.16. The zero-order valence-electron chi connectivity index (χ0n) is 11.8. The molecule has 0 bridgehead atoms. The molecule has 0 spiro atoms. The molecule has 21 heavy (non-hydrogen) atoms. The minimum absolute atomic E-state index is 0.118. The van der Waals surface area contributed by atoms with Crippen molar-refractivity contribution in [3.63, 3.8) is 0 Å². The van der Waals surface area contributed by atoms with Crippen LogP contribution in [0.25, 0.3) is 0 Å². The van der Waals surface area contributed by atoms with E-state index in [1.807, 2.05) is 5.43 Å². The quantitative estimate of drug-likeness (QED) is 0.583. The third kappa shape index (κ3) is 3.30. The number of halogens is 2. The lowest BCUT2D eigenvalue weighted by atomic mass is 10.0. The average molecular weight is 299 g/mol. The molecule has 1 fully saturated rings. The van der Waals surface area contributed by atoms with E-state index in [1.54, 1.807) is 0 Å². The van der Waals surface area contributed by atoms with E-state index in [0.717, 1.165) is 25.0 Å². The number of likely N-dealkylation sites (N-methyl/N-ethyl adjacent to an activating group) is 1. The van der Waals surface area contributed by atoms with E-state index in [0.29, 0.717) is 12.8 Å². The maximum Gasteiger partial charge on any atom is 0.253 e. The number of hydrogen-bond donors (Lipinski definition) is 3. The highest BCUT2D eigenvalue weighted by atomic mass is 19.1. The number of nitrogen functional groups attached to an aromatic ring is 1. The molecule has 116 valence electrons. The Morgan fingerprint density at radius 1 is 1.38 bits per heavy atom. The summed E-state index contributed by atoms with van der Waals surface area (Å²) >= 11 is 0. The second-order valence-corrected chi connectivity index (χ2v) is 5.55. The van der Waals surface area contributed by atoms with Crippen molar-refractivity contribution < 1.29 is 18.7 Å². The number of hydrazine groups is 1. The van der Waals surface area contributed by atoms with Crippen molar-refractivity contribution in [1.29, 1.82) is 0 Å². The Kier molecular flexibility index (Phi) is 4.43. The van der Waals surface area contributed by atoms with Gasteiger partial charge in [-0.3, -0.25) is 10.6 Å². The van der Waals surface area contributed by atoms with Gasteiger partial charge in [0.05, 0.1) is 5.60 Å². The van der Waals surface area contributed by atoms with Crippen LogP contribution >= 0.6 is 0 Å². The van der Waals surface area contributed by atoms with Crippen LogP contribution in [0.3, 0.4) is 0 Å². The van der Waals surface area contributed by atoms with Crippen molar-refractivity contribution in [3.8, 4) is 0 Å². The Bertz CT molecular complexity index is 522. The van der Waals surface area contributed by atoms with Gasteiger partial charge in [0.2, 0.25) is 0 Å². The highest BCUT2D eigenvalue weighted by Gasteiger charge is 2.33. The third-order valence-electron chi connectivity index (χ3n) is 3.85. The van der Waals surface area contributed by atoms with E-state index in [2.05, 4.69) is 0 Å². The van der Waals surface area contributed by atoms with Crippen molar-refractivity contribution in [3.05, 3.63) is 29.3 Å². The Morgan fingerprint density at radius 2 is 1.90 bits per heavy atom. The Labute approximate surface area is 121 Å². The predicted molar refractivity (Wildman–Crippen MR) is 74.5 cm³/mol. The molecule has 1 saturated carbocycles. The third-order valence-corrected chi connectivity index (χ3v) is 3.85. The number of anilines is 1. The average Bonchev–Trinajstić information content (AvgIpc) is 2.83. The van der Waals surface area contributed by atoms with Crippen LogP contribution in [0.15, 0.2) is 12.1 Å². The number of nitrogens with two attached hydrogens (primary N) is 1. The lowest BCUT2D eigenvalue weighted by Gasteiger charge is -2.28. The smallest absolute Gasteiger partial charge is 0.253 e. The van der Waals surface area contributed by atoms with Gasteiger partial charge in [0.15, 0.2) is 11.6 Å². The molecule has 0 aliphatic heterocycles. The first-order chi connectivity index (χ1) is 9.86. The highest BCUT2D eigenvalue weighted by molar-refractivity contribution is 5.94. The van der Waals surface area contributed by atoms with Crippen LogP contribution in [-0.2, 0) is 0 Å². The standard InChI is InChI=1S/C14H19F2N3O2/c1-19(8-14(21)4-2-3-5-14)13(20)9-6-10(15)12(18-17)11(16)7-9/h6-7,18,21H,2-5,8,17H2,1H3. The van der Waals surface area contributed by atoms with Crippen molar-refractivity contribution in [2.75, 3.05) is 19.0 Å². The summed E-state index contributed by atoms with van der Waals surface area (Å²) in [7, 11) is 1.50. The molecule has 2 rings (SSSR count). The van der Waals surface area contributed by atoms with Crippen LogP contribution in [0, 0.1) is 11.6 Å². The van der Waals surface area contributed by atoms with Crippen molar-refractivity contribution in [1.82, 2.24) is 4.90 Å². The molecule has 0 unspecified atom stereocenters. The van der Waals surface area contributed by atoms with E-state index in [9.17, 15) is 18.7 Å². The van der Waals surface area contributed by atoms with E-state index >= 15 is 0 Å². The second kappa shape index (κ2) is 5.95. The summed E-state index contributed by atoms with van der Waals surface area (Å²) < 4.78 is 27.2. The molecule has 5 nitrogen and oxygen atoms in total. The van der Waals surface area contributed by atoms with Gasteiger partial charge in [0.25, 0.3) is 5.91 Å². The number of hydrogen-bond acceptors (Lipinski definition) is 4. The van der Waals surface area contributed by atoms with E-state index in [1.165, 1.54) is 11.9 Å². The minimum Gasteiger partial charge on any atom is -0.388 e. The molecule has 1 aliphatic carbocycles. The summed E-state index contributed by atoms with van der Waals surface area (Å²) in [6.07, 6.45) is 3.09. The number of rotatable bonds is 4. The van der Waals surface area contributed by atoms with Crippen LogP contribution in [0.1, 0.15) is 36.0 Å². The Morgan fingerprint density at radius 3 is 2.38 bits per heavy atom. The van der Waals surface area contributed by atoms with Gasteiger partial charge < -0.3 is 15.4 Å². The summed E-state index contributed by atoms with van der Waals surface area (Å²) in [4.78, 5) is 13.5. The first-order valence-electron chi connectivity index (χ1n) is 6.80. The van der Waals surface area contributed by atoms with Crippen LogP contribution in [0.4, 0.5) is 14.5 Å². The van der Waals surface area contributed by atoms with Crippen LogP contribution < -0.4 is 11.3 Å². The number of aliphatic hydroxyl groups is 1. The van der Waals surface area contributed by atoms with Gasteiger partial charge in [-0.05, 0) is 25.0 Å². The molecule has 0 atom stereocenters. The van der Waals surface area contributed by atoms with Crippen LogP contribution in [0.5, 0.6) is 0 Å². The molecule has 0 radical (unpaired) electrons. The molecule has 0 heterocycles. The van der Waals surface area contributed by atoms with Gasteiger partial charge in [-0.2, -0.15) is 0 Å². The molecular formula is C14H19F2N3O2. The van der Waals surface area contributed by atoms with Crippen molar-refractivity contribution in [2.24, 2.45) is 5.84 Å². The van der Waals surface area contributed by atoms with Crippen molar-refractivity contribution in [2.45, 2.75) is 31.3 Å². The summed E-state index contributed by atoms with van der Waals surface area (Å²) in [5.41, 5.74) is 0.406.